The summed E-state index contributed by atoms with van der Waals surface area (Å²) in [6, 6.07) is 2.06. The Labute approximate surface area is 110 Å². The van der Waals surface area contributed by atoms with Crippen molar-refractivity contribution in [2.45, 2.75) is 13.5 Å². The Morgan fingerprint density at radius 3 is 2.79 bits per heavy atom. The van der Waals surface area contributed by atoms with Crippen LogP contribution in [0.4, 0.5) is 5.69 Å². The molecule has 19 heavy (non-hydrogen) atoms. The molecule has 0 unspecified atom stereocenters. The van der Waals surface area contributed by atoms with Crippen LogP contribution in [-0.2, 0) is 20.6 Å². The predicted octanol–water partition coefficient (Wildman–Crippen LogP) is 1.02. The second-order valence-electron chi connectivity index (χ2n) is 4.51. The lowest BCUT2D eigenvalue weighted by atomic mass is 10.2. The van der Waals surface area contributed by atoms with Crippen LogP contribution in [0.15, 0.2) is 18.5 Å². The Bertz CT molecular complexity index is 725. The Morgan fingerprint density at radius 2 is 2.05 bits per heavy atom. The highest BCUT2D eigenvalue weighted by Gasteiger charge is 2.07. The molecule has 98 valence electrons. The number of rotatable bonds is 3. The summed E-state index contributed by atoms with van der Waals surface area (Å²) < 4.78 is 3.54. The van der Waals surface area contributed by atoms with Crippen molar-refractivity contribution in [3.8, 4) is 0 Å². The van der Waals surface area contributed by atoms with Crippen LogP contribution < -0.4 is 5.32 Å². The maximum Gasteiger partial charge on any atom is 0.157 e. The van der Waals surface area contributed by atoms with E-state index in [-0.39, 0.29) is 0 Å². The third-order valence-corrected chi connectivity index (χ3v) is 3.14. The Kier molecular flexibility index (Phi) is 2.66. The molecule has 3 rings (SSSR count). The van der Waals surface area contributed by atoms with Gasteiger partial charge in [0.25, 0.3) is 0 Å². The molecule has 0 amide bonds. The third-order valence-electron chi connectivity index (χ3n) is 3.14. The van der Waals surface area contributed by atoms with Gasteiger partial charge in [-0.1, -0.05) is 5.21 Å². The normalized spacial score (nSPS) is 11.1. The summed E-state index contributed by atoms with van der Waals surface area (Å²) in [5, 5.41) is 16.5. The first-order valence-electron chi connectivity index (χ1n) is 6.02. The van der Waals surface area contributed by atoms with Gasteiger partial charge in [0.15, 0.2) is 5.65 Å². The van der Waals surface area contributed by atoms with Gasteiger partial charge in [-0.15, -0.1) is 5.10 Å². The Morgan fingerprint density at radius 1 is 1.21 bits per heavy atom. The quantitative estimate of drug-likeness (QED) is 0.758. The van der Waals surface area contributed by atoms with Gasteiger partial charge in [0.2, 0.25) is 0 Å². The number of fused-ring (bicyclic) bond motifs is 1. The van der Waals surface area contributed by atoms with Gasteiger partial charge in [-0.3, -0.25) is 9.36 Å². The molecule has 7 nitrogen and oxygen atoms in total. The maximum absolute atomic E-state index is 4.42. The highest BCUT2D eigenvalue weighted by Crippen LogP contribution is 2.19. The van der Waals surface area contributed by atoms with Crippen molar-refractivity contribution < 1.29 is 0 Å². The van der Waals surface area contributed by atoms with E-state index in [4.69, 9.17) is 0 Å². The van der Waals surface area contributed by atoms with Crippen LogP contribution in [0.25, 0.3) is 11.0 Å². The molecular formula is C12H15N7. The molecule has 0 bridgehead atoms. The van der Waals surface area contributed by atoms with Crippen LogP contribution in [-0.4, -0.2) is 29.8 Å². The van der Waals surface area contributed by atoms with Crippen LogP contribution in [0.3, 0.4) is 0 Å². The van der Waals surface area contributed by atoms with Crippen LogP contribution in [0.5, 0.6) is 0 Å². The van der Waals surface area contributed by atoms with Crippen molar-refractivity contribution in [1.82, 2.24) is 29.8 Å². The van der Waals surface area contributed by atoms with Gasteiger partial charge in [-0.05, 0) is 13.0 Å². The van der Waals surface area contributed by atoms with E-state index in [0.29, 0.717) is 6.54 Å². The molecule has 0 aliphatic carbocycles. The van der Waals surface area contributed by atoms with Crippen molar-refractivity contribution in [2.24, 2.45) is 14.1 Å². The van der Waals surface area contributed by atoms with Crippen molar-refractivity contribution in [3.63, 3.8) is 0 Å². The van der Waals surface area contributed by atoms with E-state index in [1.54, 1.807) is 15.6 Å². The highest BCUT2D eigenvalue weighted by atomic mass is 15.4. The third kappa shape index (κ3) is 2.03. The minimum absolute atomic E-state index is 0.663. The largest absolute Gasteiger partial charge is 0.378 e. The van der Waals surface area contributed by atoms with E-state index in [0.717, 1.165) is 28.1 Å². The molecule has 0 aliphatic heterocycles. The Balaban J connectivity index is 1.86. The predicted molar refractivity (Wildman–Crippen MR) is 71.6 cm³/mol. The molecule has 0 fully saturated rings. The minimum Gasteiger partial charge on any atom is -0.378 e. The van der Waals surface area contributed by atoms with Gasteiger partial charge in [0.1, 0.15) is 0 Å². The summed E-state index contributed by atoms with van der Waals surface area (Å²) in [5.41, 5.74) is 3.86. The van der Waals surface area contributed by atoms with Crippen LogP contribution >= 0.6 is 0 Å². The molecule has 3 aromatic heterocycles. The maximum atomic E-state index is 4.42. The van der Waals surface area contributed by atoms with Crippen molar-refractivity contribution >= 4 is 16.7 Å². The molecule has 7 heteroatoms. The monoisotopic (exact) mass is 257 g/mol. The molecule has 0 radical (unpaired) electrons. The summed E-state index contributed by atoms with van der Waals surface area (Å²) in [6.45, 7) is 2.65. The van der Waals surface area contributed by atoms with E-state index < -0.39 is 0 Å². The van der Waals surface area contributed by atoms with Crippen LogP contribution in [0.2, 0.25) is 0 Å². The van der Waals surface area contributed by atoms with Crippen molar-refractivity contribution in [2.75, 3.05) is 5.32 Å². The van der Waals surface area contributed by atoms with Gasteiger partial charge < -0.3 is 5.32 Å². The van der Waals surface area contributed by atoms with Crippen molar-refractivity contribution in [1.29, 1.82) is 0 Å². The summed E-state index contributed by atoms with van der Waals surface area (Å²) in [6.07, 6.45) is 3.56. The van der Waals surface area contributed by atoms with Gasteiger partial charge in [-0.2, -0.15) is 5.10 Å². The fraction of sp³-hybridized carbons (Fsp3) is 0.333. The molecular weight excluding hydrogens is 242 g/mol. The Hall–Kier alpha value is -2.44. The smallest absolute Gasteiger partial charge is 0.157 e. The molecule has 0 spiro atoms. The van der Waals surface area contributed by atoms with E-state index in [2.05, 4.69) is 31.8 Å². The summed E-state index contributed by atoms with van der Waals surface area (Å²) in [5.74, 6) is 0. The summed E-state index contributed by atoms with van der Waals surface area (Å²) in [4.78, 5) is 4.42. The summed E-state index contributed by atoms with van der Waals surface area (Å²) >= 11 is 0. The molecule has 0 aromatic carbocycles. The number of aromatic nitrogens is 6. The molecule has 0 atom stereocenters. The first-order chi connectivity index (χ1) is 9.15. The standard InChI is InChI=1S/C12H15N7/c1-8-11-4-9(5-14-12(11)19(3)16-8)13-6-10-7-15-17-18(10)2/h4-5,7,13H,6H2,1-3H3. The zero-order chi connectivity index (χ0) is 13.4. The highest BCUT2D eigenvalue weighted by molar-refractivity contribution is 5.81. The molecule has 3 heterocycles. The topological polar surface area (TPSA) is 73.5 Å². The fourth-order valence-corrected chi connectivity index (χ4v) is 2.07. The zero-order valence-electron chi connectivity index (χ0n) is 11.1. The molecule has 3 aromatic rings. The zero-order valence-corrected chi connectivity index (χ0v) is 11.1. The number of pyridine rings is 1. The van der Waals surface area contributed by atoms with E-state index in [1.165, 1.54) is 0 Å². The van der Waals surface area contributed by atoms with Gasteiger partial charge in [0.05, 0.1) is 36.0 Å². The lowest BCUT2D eigenvalue weighted by Crippen LogP contribution is -2.05. The van der Waals surface area contributed by atoms with Crippen LogP contribution in [0, 0.1) is 6.92 Å². The van der Waals surface area contributed by atoms with Crippen molar-refractivity contribution in [3.05, 3.63) is 29.8 Å². The van der Waals surface area contributed by atoms with Gasteiger partial charge in [-0.25, -0.2) is 4.98 Å². The SMILES string of the molecule is Cc1nn(C)c2ncc(NCc3cnnn3C)cc12. The number of nitrogens with one attached hydrogen (secondary N) is 1. The fourth-order valence-electron chi connectivity index (χ4n) is 2.07. The first kappa shape index (κ1) is 11.6. The molecule has 1 N–H and O–H groups in total. The van der Waals surface area contributed by atoms with Gasteiger partial charge >= 0.3 is 0 Å². The lowest BCUT2D eigenvalue weighted by molar-refractivity contribution is 0.683. The molecule has 0 aliphatic rings. The summed E-state index contributed by atoms with van der Waals surface area (Å²) in [7, 11) is 3.77. The molecule has 0 saturated heterocycles. The number of hydrogen-bond donors (Lipinski definition) is 1. The van der Waals surface area contributed by atoms with E-state index in [1.807, 2.05) is 27.2 Å². The lowest BCUT2D eigenvalue weighted by Gasteiger charge is -2.05. The second-order valence-corrected chi connectivity index (χ2v) is 4.51. The molecule has 0 saturated carbocycles. The average molecular weight is 257 g/mol. The van der Waals surface area contributed by atoms with Crippen LogP contribution in [0.1, 0.15) is 11.4 Å². The van der Waals surface area contributed by atoms with E-state index in [9.17, 15) is 0 Å². The first-order valence-corrected chi connectivity index (χ1v) is 6.02. The minimum atomic E-state index is 0.663. The average Bonchev–Trinajstić information content (AvgIpc) is 2.92. The number of anilines is 1. The van der Waals surface area contributed by atoms with E-state index >= 15 is 0 Å². The second kappa shape index (κ2) is 4.34. The van der Waals surface area contributed by atoms with Gasteiger partial charge in [0, 0.05) is 19.5 Å². The number of hydrogen-bond acceptors (Lipinski definition) is 5. The number of nitrogens with zero attached hydrogens (tertiary/aromatic N) is 6. The number of aryl methyl sites for hydroxylation is 3.